The van der Waals surface area contributed by atoms with Gasteiger partial charge in [0.2, 0.25) is 0 Å². The molecule has 23 heavy (non-hydrogen) atoms. The molecule has 6 nitrogen and oxygen atoms in total. The summed E-state index contributed by atoms with van der Waals surface area (Å²) in [6.45, 7) is 0.797. The third-order valence-corrected chi connectivity index (χ3v) is 4.04. The lowest BCUT2D eigenvalue weighted by Crippen LogP contribution is -2.34. The molecule has 1 aromatic carbocycles. The molecule has 7 heteroatoms. The van der Waals surface area contributed by atoms with Gasteiger partial charge in [-0.25, -0.2) is 0 Å². The summed E-state index contributed by atoms with van der Waals surface area (Å²) in [6, 6.07) is 7.47. The van der Waals surface area contributed by atoms with Crippen LogP contribution in [-0.4, -0.2) is 50.1 Å². The Morgan fingerprint density at radius 3 is 2.91 bits per heavy atom. The highest BCUT2D eigenvalue weighted by Gasteiger charge is 2.33. The highest BCUT2D eigenvalue weighted by molar-refractivity contribution is 6.30. The molecule has 1 heterocycles. The Kier molecular flexibility index (Phi) is 4.93. The van der Waals surface area contributed by atoms with Crippen LogP contribution in [0.4, 0.5) is 0 Å². The number of hydrogen-bond acceptors (Lipinski definition) is 4. The summed E-state index contributed by atoms with van der Waals surface area (Å²) in [5.74, 6) is -0.0984. The van der Waals surface area contributed by atoms with E-state index >= 15 is 0 Å². The molecule has 0 bridgehead atoms. The first-order valence-electron chi connectivity index (χ1n) is 7.79. The first-order chi connectivity index (χ1) is 11.2. The van der Waals surface area contributed by atoms with Gasteiger partial charge in [-0.05, 0) is 43.9 Å². The van der Waals surface area contributed by atoms with Gasteiger partial charge in [-0.3, -0.25) is 4.79 Å². The maximum Gasteiger partial charge on any atom is 0.276 e. The second-order valence-electron chi connectivity index (χ2n) is 5.66. The average molecular weight is 335 g/mol. The summed E-state index contributed by atoms with van der Waals surface area (Å²) in [5.41, 5.74) is 1.05. The summed E-state index contributed by atoms with van der Waals surface area (Å²) in [4.78, 5) is 15.9. The lowest BCUT2D eigenvalue weighted by atomic mass is 10.2. The van der Waals surface area contributed by atoms with E-state index in [1.165, 1.54) is 11.0 Å². The zero-order chi connectivity index (χ0) is 16.2. The van der Waals surface area contributed by atoms with E-state index in [1.807, 2.05) is 17.0 Å². The van der Waals surface area contributed by atoms with Crippen molar-refractivity contribution >= 4 is 17.5 Å². The molecule has 1 amide bonds. The molecule has 0 atom stereocenters. The van der Waals surface area contributed by atoms with Crippen LogP contribution in [-0.2, 0) is 0 Å². The summed E-state index contributed by atoms with van der Waals surface area (Å²) >= 11 is 5.97. The largest absolute Gasteiger partial charge is 0.396 e. The molecule has 1 fully saturated rings. The highest BCUT2D eigenvalue weighted by atomic mass is 35.5. The quantitative estimate of drug-likeness (QED) is 0.789. The van der Waals surface area contributed by atoms with Gasteiger partial charge in [0.1, 0.15) is 0 Å². The lowest BCUT2D eigenvalue weighted by molar-refractivity contribution is 0.0730. The van der Waals surface area contributed by atoms with Gasteiger partial charge in [0.15, 0.2) is 5.69 Å². The number of halogens is 1. The van der Waals surface area contributed by atoms with Crippen LogP contribution in [0.5, 0.6) is 0 Å². The number of aromatic nitrogens is 3. The van der Waals surface area contributed by atoms with Gasteiger partial charge in [0.05, 0.1) is 11.9 Å². The lowest BCUT2D eigenvalue weighted by Gasteiger charge is -2.20. The molecule has 1 aliphatic carbocycles. The van der Waals surface area contributed by atoms with E-state index in [-0.39, 0.29) is 12.5 Å². The highest BCUT2D eigenvalue weighted by Crippen LogP contribution is 2.28. The Morgan fingerprint density at radius 2 is 2.22 bits per heavy atom. The summed E-state index contributed by atoms with van der Waals surface area (Å²) < 4.78 is 0. The van der Waals surface area contributed by atoms with E-state index < -0.39 is 0 Å². The molecule has 1 aromatic heterocycles. The normalized spacial score (nSPS) is 14.0. The second-order valence-corrected chi connectivity index (χ2v) is 6.10. The first-order valence-corrected chi connectivity index (χ1v) is 8.17. The van der Waals surface area contributed by atoms with Crippen molar-refractivity contribution in [3.05, 3.63) is 41.2 Å². The van der Waals surface area contributed by atoms with Gasteiger partial charge in [0.25, 0.3) is 5.91 Å². The molecule has 0 spiro atoms. The van der Waals surface area contributed by atoms with E-state index in [0.29, 0.717) is 29.7 Å². The third-order valence-electron chi connectivity index (χ3n) is 3.81. The number of rotatable bonds is 7. The van der Waals surface area contributed by atoms with Crippen molar-refractivity contribution in [3.63, 3.8) is 0 Å². The van der Waals surface area contributed by atoms with E-state index in [0.717, 1.165) is 24.9 Å². The fourth-order valence-corrected chi connectivity index (χ4v) is 2.65. The molecule has 1 saturated carbocycles. The van der Waals surface area contributed by atoms with Crippen LogP contribution in [0, 0.1) is 0 Å². The second kappa shape index (κ2) is 7.10. The fraction of sp³-hybridized carbons (Fsp3) is 0.438. The van der Waals surface area contributed by atoms with Crippen molar-refractivity contribution in [1.29, 1.82) is 0 Å². The minimum atomic E-state index is -0.0984. The predicted octanol–water partition coefficient (Wildman–Crippen LogP) is 2.30. The monoisotopic (exact) mass is 334 g/mol. The fourth-order valence-electron chi connectivity index (χ4n) is 2.46. The Hall–Kier alpha value is -1.92. The van der Waals surface area contributed by atoms with Crippen molar-refractivity contribution in [1.82, 2.24) is 19.9 Å². The van der Waals surface area contributed by atoms with Crippen LogP contribution < -0.4 is 0 Å². The van der Waals surface area contributed by atoms with Crippen LogP contribution in [0.3, 0.4) is 0 Å². The van der Waals surface area contributed by atoms with Gasteiger partial charge < -0.3 is 10.0 Å². The maximum absolute atomic E-state index is 12.7. The molecular weight excluding hydrogens is 316 g/mol. The third kappa shape index (κ3) is 3.89. The number of aliphatic hydroxyl groups excluding tert-OH is 1. The van der Waals surface area contributed by atoms with E-state index in [4.69, 9.17) is 16.7 Å². The topological polar surface area (TPSA) is 71.2 Å². The summed E-state index contributed by atoms with van der Waals surface area (Å²) in [6.07, 6.45) is 5.05. The number of benzene rings is 1. The van der Waals surface area contributed by atoms with E-state index in [9.17, 15) is 4.79 Å². The van der Waals surface area contributed by atoms with Crippen LogP contribution in [0.2, 0.25) is 5.02 Å². The molecule has 0 aliphatic heterocycles. The molecule has 0 radical (unpaired) electrons. The number of unbranched alkanes of at least 4 members (excludes halogenated alkanes) is 1. The number of carbonyl (C=O) groups is 1. The zero-order valence-corrected chi connectivity index (χ0v) is 13.5. The molecular formula is C16H19ClN4O2. The van der Waals surface area contributed by atoms with Crippen molar-refractivity contribution in [2.24, 2.45) is 0 Å². The van der Waals surface area contributed by atoms with Crippen LogP contribution in [0.15, 0.2) is 30.5 Å². The number of carbonyl (C=O) groups excluding carboxylic acids is 1. The van der Waals surface area contributed by atoms with Crippen LogP contribution in [0.25, 0.3) is 5.69 Å². The molecule has 0 unspecified atom stereocenters. The standard InChI is InChI=1S/C16H19ClN4O2/c17-12-4-3-5-14(10-12)21-18-11-15(19-21)16(23)20(13-6-7-13)8-1-2-9-22/h3-5,10-11,13,22H,1-2,6-9H2. The SMILES string of the molecule is O=C(c1cnn(-c2cccc(Cl)c2)n1)N(CCCCO)C1CC1. The summed E-state index contributed by atoms with van der Waals surface area (Å²) in [5, 5.41) is 17.9. The Bertz CT molecular complexity index is 684. The Morgan fingerprint density at radius 1 is 1.39 bits per heavy atom. The van der Waals surface area contributed by atoms with Crippen molar-refractivity contribution in [2.75, 3.05) is 13.2 Å². The zero-order valence-electron chi connectivity index (χ0n) is 12.7. The maximum atomic E-state index is 12.7. The van der Waals surface area contributed by atoms with Crippen molar-refractivity contribution in [3.8, 4) is 5.69 Å². The van der Waals surface area contributed by atoms with Crippen molar-refractivity contribution in [2.45, 2.75) is 31.7 Å². The van der Waals surface area contributed by atoms with Gasteiger partial charge in [-0.2, -0.15) is 9.90 Å². The minimum Gasteiger partial charge on any atom is -0.396 e. The summed E-state index contributed by atoms with van der Waals surface area (Å²) in [7, 11) is 0. The van der Waals surface area contributed by atoms with Crippen LogP contribution >= 0.6 is 11.6 Å². The molecule has 1 aliphatic rings. The Balaban J connectivity index is 1.74. The number of hydrogen-bond donors (Lipinski definition) is 1. The van der Waals surface area contributed by atoms with E-state index in [2.05, 4.69) is 10.2 Å². The minimum absolute atomic E-state index is 0.0984. The van der Waals surface area contributed by atoms with Gasteiger partial charge in [-0.15, -0.1) is 5.10 Å². The number of amides is 1. The molecule has 122 valence electrons. The van der Waals surface area contributed by atoms with Gasteiger partial charge >= 0.3 is 0 Å². The predicted molar refractivity (Wildman–Crippen MR) is 86.7 cm³/mol. The number of aliphatic hydroxyl groups is 1. The average Bonchev–Trinajstić information content (AvgIpc) is 3.26. The molecule has 3 rings (SSSR count). The van der Waals surface area contributed by atoms with Crippen molar-refractivity contribution < 1.29 is 9.90 Å². The smallest absolute Gasteiger partial charge is 0.276 e. The van der Waals surface area contributed by atoms with E-state index in [1.54, 1.807) is 12.1 Å². The Labute approximate surface area is 139 Å². The van der Waals surface area contributed by atoms with Gasteiger partial charge in [-0.1, -0.05) is 17.7 Å². The van der Waals surface area contributed by atoms with Crippen LogP contribution in [0.1, 0.15) is 36.2 Å². The molecule has 2 aromatic rings. The number of nitrogens with zero attached hydrogens (tertiary/aromatic N) is 4. The molecule has 0 saturated heterocycles. The molecule has 1 N–H and O–H groups in total. The van der Waals surface area contributed by atoms with Gasteiger partial charge in [0, 0.05) is 24.2 Å². The first kappa shape index (κ1) is 16.0.